The van der Waals surface area contributed by atoms with E-state index in [0.717, 1.165) is 24.2 Å². The van der Waals surface area contributed by atoms with Crippen molar-refractivity contribution in [3.05, 3.63) is 65.2 Å². The zero-order chi connectivity index (χ0) is 15.9. The summed E-state index contributed by atoms with van der Waals surface area (Å²) in [7, 11) is 1.62. The Morgan fingerprint density at radius 1 is 1.18 bits per heavy atom. The zero-order valence-corrected chi connectivity index (χ0v) is 13.4. The van der Waals surface area contributed by atoms with Crippen molar-refractivity contribution >= 4 is 5.91 Å². The van der Waals surface area contributed by atoms with Crippen molar-refractivity contribution in [1.29, 1.82) is 0 Å². The lowest BCUT2D eigenvalue weighted by molar-refractivity contribution is 0.0938. The average molecular weight is 297 g/mol. The molecule has 2 aromatic carbocycles. The van der Waals surface area contributed by atoms with Crippen LogP contribution in [0.15, 0.2) is 48.5 Å². The van der Waals surface area contributed by atoms with Crippen molar-refractivity contribution < 1.29 is 9.53 Å². The van der Waals surface area contributed by atoms with Crippen molar-refractivity contribution in [1.82, 2.24) is 5.32 Å². The molecule has 0 radical (unpaired) electrons. The van der Waals surface area contributed by atoms with E-state index in [-0.39, 0.29) is 11.9 Å². The highest BCUT2D eigenvalue weighted by atomic mass is 16.5. The van der Waals surface area contributed by atoms with Gasteiger partial charge in [-0.2, -0.15) is 0 Å². The average Bonchev–Trinajstić information content (AvgIpc) is 2.54. The van der Waals surface area contributed by atoms with Crippen LogP contribution in [0.1, 0.15) is 34.8 Å². The number of hydrogen-bond acceptors (Lipinski definition) is 2. The topological polar surface area (TPSA) is 38.3 Å². The Balaban J connectivity index is 1.91. The van der Waals surface area contributed by atoms with E-state index in [1.165, 1.54) is 5.56 Å². The van der Waals surface area contributed by atoms with E-state index in [4.69, 9.17) is 4.74 Å². The number of benzene rings is 2. The van der Waals surface area contributed by atoms with Gasteiger partial charge in [0.15, 0.2) is 0 Å². The number of carbonyl (C=O) groups excluding carboxylic acids is 1. The molecule has 0 fully saturated rings. The van der Waals surface area contributed by atoms with Crippen molar-refractivity contribution in [3.8, 4) is 5.75 Å². The van der Waals surface area contributed by atoms with Gasteiger partial charge in [-0.15, -0.1) is 0 Å². The second kappa shape index (κ2) is 7.64. The molecule has 2 rings (SSSR count). The first-order valence-corrected chi connectivity index (χ1v) is 7.59. The third-order valence-electron chi connectivity index (χ3n) is 3.76. The predicted octanol–water partition coefficient (Wildman–Crippen LogP) is 3.75. The van der Waals surface area contributed by atoms with Crippen LogP contribution in [0.3, 0.4) is 0 Å². The molecule has 0 saturated heterocycles. The lowest BCUT2D eigenvalue weighted by atomic mass is 10.1. The number of hydrogen-bond donors (Lipinski definition) is 1. The van der Waals surface area contributed by atoms with Crippen molar-refractivity contribution in [3.63, 3.8) is 0 Å². The number of methoxy groups -OCH3 is 1. The van der Waals surface area contributed by atoms with Crippen LogP contribution in [0.4, 0.5) is 0 Å². The first-order chi connectivity index (χ1) is 10.6. The van der Waals surface area contributed by atoms with Gasteiger partial charge >= 0.3 is 0 Å². The largest absolute Gasteiger partial charge is 0.496 e. The van der Waals surface area contributed by atoms with Crippen LogP contribution in [-0.2, 0) is 6.42 Å². The van der Waals surface area contributed by atoms with E-state index < -0.39 is 0 Å². The molecule has 1 amide bonds. The zero-order valence-electron chi connectivity index (χ0n) is 13.4. The maximum Gasteiger partial charge on any atom is 0.251 e. The molecule has 1 N–H and O–H groups in total. The molecular formula is C19H23NO2. The molecule has 3 heteroatoms. The molecule has 1 unspecified atom stereocenters. The van der Waals surface area contributed by atoms with Crippen LogP contribution < -0.4 is 10.1 Å². The third kappa shape index (κ3) is 4.35. The Morgan fingerprint density at radius 3 is 2.59 bits per heavy atom. The van der Waals surface area contributed by atoms with Crippen LogP contribution in [0, 0.1) is 6.92 Å². The summed E-state index contributed by atoms with van der Waals surface area (Å²) in [6.45, 7) is 4.00. The third-order valence-corrected chi connectivity index (χ3v) is 3.76. The summed E-state index contributed by atoms with van der Waals surface area (Å²) in [4.78, 5) is 12.3. The number of rotatable bonds is 6. The van der Waals surface area contributed by atoms with Crippen LogP contribution in [0.2, 0.25) is 0 Å². The van der Waals surface area contributed by atoms with Gasteiger partial charge in [0.05, 0.1) is 7.11 Å². The maximum absolute atomic E-state index is 12.3. The van der Waals surface area contributed by atoms with Gasteiger partial charge in [0.2, 0.25) is 0 Å². The summed E-state index contributed by atoms with van der Waals surface area (Å²) in [5.41, 5.74) is 2.95. The van der Waals surface area contributed by atoms with Gasteiger partial charge < -0.3 is 10.1 Å². The second-order valence-corrected chi connectivity index (χ2v) is 5.58. The lowest BCUT2D eigenvalue weighted by Crippen LogP contribution is -2.32. The Hall–Kier alpha value is -2.29. The van der Waals surface area contributed by atoms with Crippen molar-refractivity contribution in [2.75, 3.05) is 7.11 Å². The van der Waals surface area contributed by atoms with Crippen LogP contribution in [0.25, 0.3) is 0 Å². The van der Waals surface area contributed by atoms with E-state index in [1.807, 2.05) is 44.2 Å². The molecule has 0 aromatic heterocycles. The van der Waals surface area contributed by atoms with E-state index in [9.17, 15) is 4.79 Å². The predicted molar refractivity (Wildman–Crippen MR) is 89.4 cm³/mol. The molecule has 0 bridgehead atoms. The molecule has 1 atom stereocenters. The molecule has 3 nitrogen and oxygen atoms in total. The van der Waals surface area contributed by atoms with Gasteiger partial charge in [0.1, 0.15) is 5.75 Å². The smallest absolute Gasteiger partial charge is 0.251 e. The second-order valence-electron chi connectivity index (χ2n) is 5.58. The maximum atomic E-state index is 12.3. The molecule has 0 aliphatic rings. The molecule has 0 spiro atoms. The molecule has 0 aliphatic carbocycles. The lowest BCUT2D eigenvalue weighted by Gasteiger charge is -2.15. The Kier molecular flexibility index (Phi) is 5.59. The minimum atomic E-state index is -0.0566. The van der Waals surface area contributed by atoms with E-state index in [2.05, 4.69) is 17.4 Å². The molecule has 116 valence electrons. The van der Waals surface area contributed by atoms with Crippen molar-refractivity contribution in [2.45, 2.75) is 32.7 Å². The summed E-state index contributed by atoms with van der Waals surface area (Å²) in [6, 6.07) is 16.0. The van der Waals surface area contributed by atoms with Gasteiger partial charge in [-0.05, 0) is 49.9 Å². The van der Waals surface area contributed by atoms with Gasteiger partial charge in [-0.3, -0.25) is 4.79 Å². The van der Waals surface area contributed by atoms with Crippen molar-refractivity contribution in [2.24, 2.45) is 0 Å². The molecule has 0 aliphatic heterocycles. The normalized spacial score (nSPS) is 11.8. The molecule has 0 heterocycles. The fourth-order valence-electron chi connectivity index (χ4n) is 2.37. The standard InChI is InChI=1S/C19H23NO2/c1-14-9-12-17(13-18(14)22-3)19(21)20-15(2)10-11-16-7-5-4-6-8-16/h4-9,12-13,15H,10-11H2,1-3H3,(H,20,21). The number of amides is 1. The molecule has 2 aromatic rings. The number of nitrogens with one attached hydrogen (secondary N) is 1. The Labute approximate surface area is 132 Å². The fraction of sp³-hybridized carbons (Fsp3) is 0.316. The summed E-state index contributed by atoms with van der Waals surface area (Å²) in [6.07, 6.45) is 1.87. The van der Waals surface area contributed by atoms with Gasteiger partial charge in [0.25, 0.3) is 5.91 Å². The molecular weight excluding hydrogens is 274 g/mol. The van der Waals surface area contributed by atoms with Crippen LogP contribution in [-0.4, -0.2) is 19.1 Å². The van der Waals surface area contributed by atoms with E-state index in [0.29, 0.717) is 5.56 Å². The number of carbonyl (C=O) groups is 1. The summed E-state index contributed by atoms with van der Waals surface area (Å²) >= 11 is 0. The quantitative estimate of drug-likeness (QED) is 0.881. The van der Waals surface area contributed by atoms with Gasteiger partial charge in [0, 0.05) is 11.6 Å². The Morgan fingerprint density at radius 2 is 1.91 bits per heavy atom. The molecule has 0 saturated carbocycles. The molecule has 22 heavy (non-hydrogen) atoms. The highest BCUT2D eigenvalue weighted by Crippen LogP contribution is 2.19. The van der Waals surface area contributed by atoms with E-state index >= 15 is 0 Å². The van der Waals surface area contributed by atoms with Crippen LogP contribution in [0.5, 0.6) is 5.75 Å². The minimum absolute atomic E-state index is 0.0566. The number of ether oxygens (including phenoxy) is 1. The SMILES string of the molecule is COc1cc(C(=O)NC(C)CCc2ccccc2)ccc1C. The van der Waals surface area contributed by atoms with Gasteiger partial charge in [-0.1, -0.05) is 36.4 Å². The fourth-order valence-corrected chi connectivity index (χ4v) is 2.37. The highest BCUT2D eigenvalue weighted by Gasteiger charge is 2.11. The monoisotopic (exact) mass is 297 g/mol. The highest BCUT2D eigenvalue weighted by molar-refractivity contribution is 5.94. The van der Waals surface area contributed by atoms with Gasteiger partial charge in [-0.25, -0.2) is 0 Å². The first kappa shape index (κ1) is 16.1. The summed E-state index contributed by atoms with van der Waals surface area (Å²) in [5, 5.41) is 3.04. The first-order valence-electron chi connectivity index (χ1n) is 7.59. The summed E-state index contributed by atoms with van der Waals surface area (Å²) < 4.78 is 5.27. The van der Waals surface area contributed by atoms with E-state index in [1.54, 1.807) is 13.2 Å². The summed E-state index contributed by atoms with van der Waals surface area (Å²) in [5.74, 6) is 0.684. The Bertz CT molecular complexity index is 623. The minimum Gasteiger partial charge on any atom is -0.496 e. The number of aryl methyl sites for hydroxylation is 2. The van der Waals surface area contributed by atoms with Crippen LogP contribution >= 0.6 is 0 Å².